The third kappa shape index (κ3) is 7.32. The number of ether oxygens (including phenoxy) is 2. The first-order valence-corrected chi connectivity index (χ1v) is 6.20. The van der Waals surface area contributed by atoms with Gasteiger partial charge in [-0.05, 0) is 0 Å². The number of likely N-dealkylation sites (tertiary alicyclic amines) is 1. The van der Waals surface area contributed by atoms with Gasteiger partial charge in [0.2, 0.25) is 0 Å². The average Bonchev–Trinajstić information content (AvgIpc) is 2.82. The number of methoxy groups -OCH3 is 2. The van der Waals surface area contributed by atoms with E-state index >= 15 is 0 Å². The number of esters is 2. The molecule has 0 spiro atoms. The number of nitrogens with zero attached hydrogens (tertiary/aromatic N) is 1. The predicted octanol–water partition coefficient (Wildman–Crippen LogP) is 1.51. The molecule has 8 heteroatoms. The summed E-state index contributed by atoms with van der Waals surface area (Å²) >= 11 is 0. The number of carbonyl (C=O) groups is 2. The monoisotopic (exact) mass is 300 g/mol. The van der Waals surface area contributed by atoms with Crippen LogP contribution in [-0.2, 0) is 19.1 Å². The molecule has 0 aliphatic carbocycles. The minimum atomic E-state index is -4.85. The molecular weight excluding hydrogens is 279 g/mol. The van der Waals surface area contributed by atoms with Crippen molar-refractivity contribution >= 4 is 11.9 Å². The maximum Gasteiger partial charge on any atom is 0.490 e. The van der Waals surface area contributed by atoms with E-state index in [1.165, 1.54) is 33.0 Å². The zero-order valence-corrected chi connectivity index (χ0v) is 12.0. The summed E-state index contributed by atoms with van der Waals surface area (Å²) in [5.41, 5.74) is 0. The molecule has 0 atom stereocenters. The minimum Gasteiger partial charge on any atom is -0.469 e. The van der Waals surface area contributed by atoms with Crippen molar-refractivity contribution < 1.29 is 36.7 Å². The Kier molecular flexibility index (Phi) is 7.55. The van der Waals surface area contributed by atoms with Crippen molar-refractivity contribution in [3.63, 3.8) is 0 Å². The van der Waals surface area contributed by atoms with E-state index in [2.05, 4.69) is 16.5 Å². The number of rotatable bonds is 3. The average molecular weight is 300 g/mol. The lowest BCUT2D eigenvalue weighted by Gasteiger charge is -2.28. The smallest absolute Gasteiger partial charge is 0.469 e. The van der Waals surface area contributed by atoms with E-state index in [1.54, 1.807) is 0 Å². The maximum absolute atomic E-state index is 11.0. The second kappa shape index (κ2) is 8.08. The van der Waals surface area contributed by atoms with Crippen LogP contribution in [-0.4, -0.2) is 63.5 Å². The van der Waals surface area contributed by atoms with Crippen molar-refractivity contribution in [2.75, 3.05) is 40.9 Å². The number of hydrogen-bond acceptors (Lipinski definition) is 4. The molecule has 0 radical (unpaired) electrons. The summed E-state index contributed by atoms with van der Waals surface area (Å²) in [6.45, 7) is 3.38. The summed E-state index contributed by atoms with van der Waals surface area (Å²) in [7, 11) is 4.35. The Labute approximate surface area is 116 Å². The number of alkyl halides is 3. The van der Waals surface area contributed by atoms with Crippen molar-refractivity contribution in [3.8, 4) is 0 Å². The first-order valence-electron chi connectivity index (χ1n) is 6.20. The Morgan fingerprint density at radius 1 is 1.10 bits per heavy atom. The topological polar surface area (TPSA) is 52.6 Å². The van der Waals surface area contributed by atoms with E-state index in [0.29, 0.717) is 13.5 Å². The molecule has 0 unspecified atom stereocenters. The molecule has 1 aliphatic heterocycles. The van der Waals surface area contributed by atoms with Crippen molar-refractivity contribution in [2.45, 2.75) is 25.4 Å². The predicted molar refractivity (Wildman–Crippen MR) is 64.7 cm³/mol. The molecule has 1 fully saturated rings. The van der Waals surface area contributed by atoms with E-state index in [1.807, 2.05) is 0 Å². The van der Waals surface area contributed by atoms with E-state index in [4.69, 9.17) is 0 Å². The standard InChI is InChI=1S/C9H18NO2.C3H3F3O2/c1-10(6-3-4-7-10)8-5-9(11)12-2;1-8-2(7)3(4,5)6/h3-8H2,1-2H3;1H3/q+1;. The summed E-state index contributed by atoms with van der Waals surface area (Å²) in [5, 5.41) is 0. The molecule has 118 valence electrons. The third-order valence-corrected chi connectivity index (χ3v) is 3.15. The highest BCUT2D eigenvalue weighted by molar-refractivity contribution is 5.75. The highest BCUT2D eigenvalue weighted by atomic mass is 19.4. The Morgan fingerprint density at radius 2 is 1.60 bits per heavy atom. The van der Waals surface area contributed by atoms with E-state index < -0.39 is 12.1 Å². The molecule has 1 rings (SSSR count). The lowest BCUT2D eigenvalue weighted by atomic mass is 10.3. The van der Waals surface area contributed by atoms with Crippen molar-refractivity contribution in [1.82, 2.24) is 0 Å². The lowest BCUT2D eigenvalue weighted by molar-refractivity contribution is -0.897. The normalized spacial score (nSPS) is 16.9. The van der Waals surface area contributed by atoms with Crippen LogP contribution in [0.25, 0.3) is 0 Å². The molecule has 5 nitrogen and oxygen atoms in total. The SMILES string of the molecule is COC(=O)C(F)(F)F.COC(=O)CC[N+]1(C)CCCC1. The molecular formula is C12H21F3NO4+. The molecule has 20 heavy (non-hydrogen) atoms. The molecule has 0 aromatic carbocycles. The Balaban J connectivity index is 0.000000396. The fourth-order valence-corrected chi connectivity index (χ4v) is 1.90. The van der Waals surface area contributed by atoms with Crippen LogP contribution in [0, 0.1) is 0 Å². The van der Waals surface area contributed by atoms with E-state index in [9.17, 15) is 22.8 Å². The fourth-order valence-electron chi connectivity index (χ4n) is 1.90. The molecule has 1 aliphatic rings. The van der Waals surface area contributed by atoms with Crippen molar-refractivity contribution in [3.05, 3.63) is 0 Å². The largest absolute Gasteiger partial charge is 0.490 e. The number of halogens is 3. The van der Waals surface area contributed by atoms with Crippen molar-refractivity contribution in [1.29, 1.82) is 0 Å². The van der Waals surface area contributed by atoms with Crippen LogP contribution in [0.1, 0.15) is 19.3 Å². The lowest BCUT2D eigenvalue weighted by Crippen LogP contribution is -2.42. The molecule has 0 aromatic rings. The molecule has 1 heterocycles. The van der Waals surface area contributed by atoms with Crippen LogP contribution in [0.15, 0.2) is 0 Å². The Bertz CT molecular complexity index is 325. The summed E-state index contributed by atoms with van der Waals surface area (Å²) in [5.74, 6) is -2.25. The molecule has 0 amide bonds. The first-order chi connectivity index (χ1) is 9.14. The van der Waals surface area contributed by atoms with Crippen LogP contribution >= 0.6 is 0 Å². The van der Waals surface area contributed by atoms with Crippen LogP contribution in [0.4, 0.5) is 13.2 Å². The van der Waals surface area contributed by atoms with Gasteiger partial charge in [-0.3, -0.25) is 4.79 Å². The van der Waals surface area contributed by atoms with Gasteiger partial charge in [-0.2, -0.15) is 13.2 Å². The zero-order valence-electron chi connectivity index (χ0n) is 12.0. The maximum atomic E-state index is 11.0. The highest BCUT2D eigenvalue weighted by Crippen LogP contribution is 2.16. The summed E-state index contributed by atoms with van der Waals surface area (Å²) in [6.07, 6.45) is -1.68. The van der Waals surface area contributed by atoms with Crippen LogP contribution in [0.3, 0.4) is 0 Å². The van der Waals surface area contributed by atoms with Crippen LogP contribution < -0.4 is 0 Å². The summed E-state index contributed by atoms with van der Waals surface area (Å²) in [4.78, 5) is 20.4. The van der Waals surface area contributed by atoms with Gasteiger partial charge in [0, 0.05) is 12.8 Å². The van der Waals surface area contributed by atoms with E-state index in [0.717, 1.165) is 11.0 Å². The van der Waals surface area contributed by atoms with Crippen LogP contribution in [0.2, 0.25) is 0 Å². The molecule has 0 aromatic heterocycles. The van der Waals surface area contributed by atoms with Gasteiger partial charge in [0.1, 0.15) is 0 Å². The van der Waals surface area contributed by atoms with Gasteiger partial charge in [0.05, 0.1) is 47.3 Å². The van der Waals surface area contributed by atoms with E-state index in [-0.39, 0.29) is 5.97 Å². The molecule has 0 bridgehead atoms. The Hall–Kier alpha value is -1.31. The molecule has 0 saturated carbocycles. The summed E-state index contributed by atoms with van der Waals surface area (Å²) < 4.78 is 41.9. The van der Waals surface area contributed by atoms with Crippen molar-refractivity contribution in [2.24, 2.45) is 0 Å². The van der Waals surface area contributed by atoms with Gasteiger partial charge in [-0.15, -0.1) is 0 Å². The quantitative estimate of drug-likeness (QED) is 0.585. The molecule has 0 N–H and O–H groups in total. The second-order valence-electron chi connectivity index (χ2n) is 4.81. The highest BCUT2D eigenvalue weighted by Gasteiger charge is 2.40. The van der Waals surface area contributed by atoms with Gasteiger partial charge in [0.15, 0.2) is 0 Å². The van der Waals surface area contributed by atoms with Crippen LogP contribution in [0.5, 0.6) is 0 Å². The van der Waals surface area contributed by atoms with Gasteiger partial charge in [0.25, 0.3) is 0 Å². The first kappa shape index (κ1) is 18.7. The van der Waals surface area contributed by atoms with Gasteiger partial charge < -0.3 is 14.0 Å². The summed E-state index contributed by atoms with van der Waals surface area (Å²) in [6, 6.07) is 0. The second-order valence-corrected chi connectivity index (χ2v) is 4.81. The number of quaternary nitrogens is 1. The van der Waals surface area contributed by atoms with Gasteiger partial charge in [-0.1, -0.05) is 0 Å². The Morgan fingerprint density at radius 3 is 1.90 bits per heavy atom. The zero-order chi connectivity index (χ0) is 15.8. The minimum absolute atomic E-state index is 0.0822. The third-order valence-electron chi connectivity index (χ3n) is 3.15. The van der Waals surface area contributed by atoms with Gasteiger partial charge in [-0.25, -0.2) is 4.79 Å². The van der Waals surface area contributed by atoms with Gasteiger partial charge >= 0.3 is 18.1 Å². The number of hydrogen-bond donors (Lipinski definition) is 0. The number of carbonyl (C=O) groups excluding carboxylic acids is 2. The fraction of sp³-hybridized carbons (Fsp3) is 0.833. The molecule has 1 saturated heterocycles.